The molecule has 0 radical (unpaired) electrons. The second-order valence-electron chi connectivity index (χ2n) is 7.20. The molecule has 2 fully saturated rings. The summed E-state index contributed by atoms with van der Waals surface area (Å²) in [6, 6.07) is 6.99. The van der Waals surface area contributed by atoms with Crippen LogP contribution < -0.4 is 10.1 Å². The largest absolute Gasteiger partial charge is 0.510 e. The number of hydrogen-bond acceptors (Lipinski definition) is 5. The van der Waals surface area contributed by atoms with E-state index < -0.39 is 6.16 Å². The van der Waals surface area contributed by atoms with Crippen molar-refractivity contribution < 1.29 is 19.0 Å². The van der Waals surface area contributed by atoms with Crippen LogP contribution in [0.15, 0.2) is 18.2 Å². The van der Waals surface area contributed by atoms with Crippen molar-refractivity contribution in [3.8, 4) is 5.75 Å². The van der Waals surface area contributed by atoms with Gasteiger partial charge in [-0.2, -0.15) is 0 Å². The number of piperidine rings is 1. The van der Waals surface area contributed by atoms with Crippen molar-refractivity contribution in [2.75, 3.05) is 20.4 Å². The summed E-state index contributed by atoms with van der Waals surface area (Å²) in [5.74, 6) is 1.52. The highest BCUT2D eigenvalue weighted by Gasteiger charge is 2.51. The minimum Gasteiger partial charge on any atom is -0.457 e. The van der Waals surface area contributed by atoms with Crippen LogP contribution >= 0.6 is 0 Å². The first-order valence-electron chi connectivity index (χ1n) is 8.93. The molecule has 0 unspecified atom stereocenters. The Labute approximate surface area is 142 Å². The van der Waals surface area contributed by atoms with Crippen molar-refractivity contribution in [3.63, 3.8) is 0 Å². The van der Waals surface area contributed by atoms with Crippen molar-refractivity contribution in [1.29, 1.82) is 0 Å². The third-order valence-electron chi connectivity index (χ3n) is 6.19. The topological polar surface area (TPSA) is 56.8 Å². The van der Waals surface area contributed by atoms with E-state index in [0.29, 0.717) is 11.5 Å². The van der Waals surface area contributed by atoms with Gasteiger partial charge >= 0.3 is 6.16 Å². The van der Waals surface area contributed by atoms with Crippen LogP contribution in [-0.4, -0.2) is 32.6 Å². The van der Waals surface area contributed by atoms with Gasteiger partial charge < -0.3 is 19.5 Å². The number of carbonyl (C=O) groups is 1. The van der Waals surface area contributed by atoms with Gasteiger partial charge in [0.25, 0.3) is 0 Å². The third-order valence-corrected chi connectivity index (χ3v) is 6.19. The van der Waals surface area contributed by atoms with Gasteiger partial charge in [0.05, 0.1) is 7.11 Å². The fourth-order valence-corrected chi connectivity index (χ4v) is 5.20. The molecule has 3 atom stereocenters. The molecule has 1 aliphatic heterocycles. The number of hydrogen-bond donors (Lipinski definition) is 1. The summed E-state index contributed by atoms with van der Waals surface area (Å²) in [6.07, 6.45) is 6.88. The quantitative estimate of drug-likeness (QED) is 0.681. The van der Waals surface area contributed by atoms with Gasteiger partial charge in [-0.3, -0.25) is 0 Å². The maximum absolute atomic E-state index is 11.0. The first-order valence-corrected chi connectivity index (χ1v) is 8.93. The van der Waals surface area contributed by atoms with Gasteiger partial charge in [-0.1, -0.05) is 18.9 Å². The van der Waals surface area contributed by atoms with Crippen LogP contribution in [0.4, 0.5) is 4.79 Å². The molecule has 0 aromatic heterocycles. The molecule has 3 aliphatic rings. The van der Waals surface area contributed by atoms with E-state index in [1.807, 2.05) is 6.07 Å². The summed E-state index contributed by atoms with van der Waals surface area (Å²) >= 11 is 0. The zero-order valence-corrected chi connectivity index (χ0v) is 14.2. The third kappa shape index (κ3) is 2.55. The normalized spacial score (nSPS) is 30.7. The van der Waals surface area contributed by atoms with Crippen molar-refractivity contribution in [2.45, 2.75) is 50.0 Å². The van der Waals surface area contributed by atoms with Gasteiger partial charge in [-0.05, 0) is 61.4 Å². The average molecular weight is 331 g/mol. The van der Waals surface area contributed by atoms with Crippen LogP contribution in [-0.2, 0) is 21.3 Å². The summed E-state index contributed by atoms with van der Waals surface area (Å²) < 4.78 is 14.9. The Balaban J connectivity index is 1.60. The summed E-state index contributed by atoms with van der Waals surface area (Å²) in [5.41, 5.74) is 3.23. The second kappa shape index (κ2) is 6.28. The standard InChI is InChI=1S/C19H25NO4/c1-22-18(21)24-12-23-14-6-5-13-10-17-15-4-2-3-7-19(15,8-9-20-17)16(13)11-14/h5-6,11,15,17,20H,2-4,7-10,12H2,1H3/t15-,17+,19+/m1/s1. The highest BCUT2D eigenvalue weighted by molar-refractivity contribution is 5.59. The average Bonchev–Trinajstić information content (AvgIpc) is 2.62. The van der Waals surface area contributed by atoms with Crippen molar-refractivity contribution in [3.05, 3.63) is 29.3 Å². The van der Waals surface area contributed by atoms with Crippen LogP contribution in [0.5, 0.6) is 5.75 Å². The van der Waals surface area contributed by atoms with Crippen LogP contribution in [0, 0.1) is 5.92 Å². The van der Waals surface area contributed by atoms with E-state index in [1.54, 1.807) is 0 Å². The molecule has 1 aromatic rings. The molecule has 0 spiro atoms. The van der Waals surface area contributed by atoms with E-state index in [1.165, 1.54) is 50.3 Å². The van der Waals surface area contributed by atoms with E-state index in [-0.39, 0.29) is 6.79 Å². The molecule has 1 saturated carbocycles. The van der Waals surface area contributed by atoms with Gasteiger partial charge in [-0.15, -0.1) is 0 Å². The van der Waals surface area contributed by atoms with Gasteiger partial charge in [-0.25, -0.2) is 4.79 Å². The molecule has 1 aromatic carbocycles. The van der Waals surface area contributed by atoms with E-state index in [0.717, 1.165) is 24.6 Å². The van der Waals surface area contributed by atoms with Crippen LogP contribution in [0.25, 0.3) is 0 Å². The Morgan fingerprint density at radius 1 is 1.33 bits per heavy atom. The first-order chi connectivity index (χ1) is 11.7. The van der Waals surface area contributed by atoms with Crippen LogP contribution in [0.1, 0.15) is 43.2 Å². The van der Waals surface area contributed by atoms with E-state index >= 15 is 0 Å². The number of rotatable bonds is 3. The minimum atomic E-state index is -0.722. The predicted octanol–water partition coefficient (Wildman–Crippen LogP) is 3.15. The lowest BCUT2D eigenvalue weighted by Gasteiger charge is -2.56. The second-order valence-corrected chi connectivity index (χ2v) is 7.20. The predicted molar refractivity (Wildman–Crippen MR) is 89.2 cm³/mol. The Bertz CT molecular complexity index is 628. The SMILES string of the molecule is COC(=O)OCOc1ccc2c(c1)[C@]13CCCC[C@@H]1[C@H](C2)NCC3. The van der Waals surface area contributed by atoms with Gasteiger partial charge in [0.2, 0.25) is 6.79 Å². The van der Waals surface area contributed by atoms with Gasteiger partial charge in [0.1, 0.15) is 5.75 Å². The summed E-state index contributed by atoms with van der Waals surface area (Å²) in [7, 11) is 1.29. The van der Waals surface area contributed by atoms with E-state index in [2.05, 4.69) is 22.2 Å². The number of methoxy groups -OCH3 is 1. The summed E-state index contributed by atoms with van der Waals surface area (Å²) in [6.45, 7) is 0.989. The Hall–Kier alpha value is -1.75. The summed E-state index contributed by atoms with van der Waals surface area (Å²) in [5, 5.41) is 3.75. The zero-order valence-electron chi connectivity index (χ0n) is 14.2. The number of carbonyl (C=O) groups excluding carboxylic acids is 1. The van der Waals surface area contributed by atoms with Crippen LogP contribution in [0.2, 0.25) is 0 Å². The lowest BCUT2D eigenvalue weighted by Crippen LogP contribution is -2.59. The Kier molecular flexibility index (Phi) is 4.12. The van der Waals surface area contributed by atoms with Crippen molar-refractivity contribution >= 4 is 6.16 Å². The Morgan fingerprint density at radius 2 is 2.25 bits per heavy atom. The maximum Gasteiger partial charge on any atom is 0.510 e. The molecule has 5 nitrogen and oxygen atoms in total. The van der Waals surface area contributed by atoms with E-state index in [9.17, 15) is 4.79 Å². The number of ether oxygens (including phenoxy) is 3. The highest BCUT2D eigenvalue weighted by atomic mass is 16.8. The molecule has 24 heavy (non-hydrogen) atoms. The summed E-state index contributed by atoms with van der Waals surface area (Å²) in [4.78, 5) is 11.0. The number of benzene rings is 1. The maximum atomic E-state index is 11.0. The lowest BCUT2D eigenvalue weighted by molar-refractivity contribution is 0.0147. The Morgan fingerprint density at radius 3 is 3.12 bits per heavy atom. The molecular weight excluding hydrogens is 306 g/mol. The molecule has 1 N–H and O–H groups in total. The zero-order chi connectivity index (χ0) is 16.6. The molecule has 130 valence electrons. The van der Waals surface area contributed by atoms with E-state index in [4.69, 9.17) is 9.47 Å². The fraction of sp³-hybridized carbons (Fsp3) is 0.632. The van der Waals surface area contributed by atoms with Gasteiger partial charge in [0, 0.05) is 11.5 Å². The fourth-order valence-electron chi connectivity index (χ4n) is 5.20. The molecule has 2 aliphatic carbocycles. The number of fused-ring (bicyclic) bond motifs is 1. The monoisotopic (exact) mass is 331 g/mol. The molecule has 2 bridgehead atoms. The molecule has 1 heterocycles. The highest BCUT2D eigenvalue weighted by Crippen LogP contribution is 2.54. The molecule has 4 rings (SSSR count). The van der Waals surface area contributed by atoms with Gasteiger partial charge in [0.15, 0.2) is 0 Å². The molecule has 1 saturated heterocycles. The number of nitrogens with one attached hydrogen (secondary N) is 1. The lowest BCUT2D eigenvalue weighted by atomic mass is 9.53. The van der Waals surface area contributed by atoms with Crippen LogP contribution in [0.3, 0.4) is 0 Å². The molecule has 5 heteroatoms. The first kappa shape index (κ1) is 15.8. The minimum absolute atomic E-state index is 0.119. The van der Waals surface area contributed by atoms with Crippen molar-refractivity contribution in [1.82, 2.24) is 5.32 Å². The molecule has 0 amide bonds. The smallest absolute Gasteiger partial charge is 0.457 e. The molecular formula is C19H25NO4. The van der Waals surface area contributed by atoms with Crippen molar-refractivity contribution in [2.24, 2.45) is 5.92 Å².